The molecule has 314 valence electrons. The lowest BCUT2D eigenvalue weighted by Crippen LogP contribution is -2.40. The number of ketones is 1. The topological polar surface area (TPSA) is 155 Å². The van der Waals surface area contributed by atoms with Gasteiger partial charge in [0.25, 0.3) is 5.91 Å². The van der Waals surface area contributed by atoms with Crippen molar-refractivity contribution in [3.8, 4) is 34.3 Å². The van der Waals surface area contributed by atoms with Crippen molar-refractivity contribution in [1.82, 2.24) is 9.55 Å². The third-order valence-corrected chi connectivity index (χ3v) is 12.3. The number of imidazole rings is 1. The van der Waals surface area contributed by atoms with E-state index in [9.17, 15) is 22.8 Å². The van der Waals surface area contributed by atoms with E-state index in [1.54, 1.807) is 42.5 Å². The van der Waals surface area contributed by atoms with Crippen molar-refractivity contribution >= 4 is 38.8 Å². The molecule has 0 radical (unpaired) electrons. The summed E-state index contributed by atoms with van der Waals surface area (Å²) in [5, 5.41) is 2.60. The molecular formula is C44H56ClN3O9S. The molecule has 0 bridgehead atoms. The van der Waals surface area contributed by atoms with E-state index in [1.165, 1.54) is 94.0 Å². The van der Waals surface area contributed by atoms with Gasteiger partial charge in [0.05, 0.1) is 33.7 Å². The van der Waals surface area contributed by atoms with Gasteiger partial charge in [-0.1, -0.05) is 102 Å². The highest BCUT2D eigenvalue weighted by molar-refractivity contribution is 7.91. The Balaban J connectivity index is 1.22. The van der Waals surface area contributed by atoms with Gasteiger partial charge >= 0.3 is 5.69 Å². The van der Waals surface area contributed by atoms with E-state index in [1.807, 2.05) is 6.92 Å². The summed E-state index contributed by atoms with van der Waals surface area (Å²) in [4.78, 5) is 43.9. The summed E-state index contributed by atoms with van der Waals surface area (Å²) >= 11 is 6.56. The Kier molecular flexibility index (Phi) is 16.7. The normalized spacial score (nSPS) is 12.7. The van der Waals surface area contributed by atoms with Gasteiger partial charge in [-0.05, 0) is 74.0 Å². The number of fused-ring (bicyclic) bond motifs is 1. The van der Waals surface area contributed by atoms with Crippen LogP contribution in [0.15, 0.2) is 70.4 Å². The van der Waals surface area contributed by atoms with Gasteiger partial charge < -0.3 is 29.2 Å². The number of anilines is 1. The van der Waals surface area contributed by atoms with Gasteiger partial charge in [0.2, 0.25) is 18.7 Å². The van der Waals surface area contributed by atoms with E-state index < -0.39 is 33.3 Å². The zero-order valence-corrected chi connectivity index (χ0v) is 35.4. The molecule has 1 aliphatic rings. The second-order valence-corrected chi connectivity index (χ2v) is 17.1. The number of amides is 1. The number of nitrogens with zero attached hydrogens (tertiary/aromatic N) is 1. The Morgan fingerprint density at radius 1 is 0.810 bits per heavy atom. The molecule has 4 aromatic rings. The molecule has 2 heterocycles. The summed E-state index contributed by atoms with van der Waals surface area (Å²) < 4.78 is 50.2. The Morgan fingerprint density at radius 2 is 1.41 bits per heavy atom. The van der Waals surface area contributed by atoms with Crippen LogP contribution in [-0.2, 0) is 21.7 Å². The number of unbranched alkanes of at least 4 members (excludes halogenated alkanes) is 13. The quantitative estimate of drug-likeness (QED) is 0.0377. The molecule has 0 spiro atoms. The minimum absolute atomic E-state index is 0.0133. The van der Waals surface area contributed by atoms with E-state index in [4.69, 9.17) is 30.5 Å². The van der Waals surface area contributed by atoms with Crippen molar-refractivity contribution in [2.45, 2.75) is 115 Å². The van der Waals surface area contributed by atoms with Crippen molar-refractivity contribution < 1.29 is 37.0 Å². The Hall–Kier alpha value is -4.75. The first-order chi connectivity index (χ1) is 28.0. The first-order valence-corrected chi connectivity index (χ1v) is 22.5. The third-order valence-electron chi connectivity index (χ3n) is 10.2. The van der Waals surface area contributed by atoms with Crippen LogP contribution < -0.4 is 30.0 Å². The fourth-order valence-electron chi connectivity index (χ4n) is 6.95. The number of hydrogen-bond donors (Lipinski definition) is 2. The van der Waals surface area contributed by atoms with Crippen LogP contribution >= 0.6 is 11.6 Å². The summed E-state index contributed by atoms with van der Waals surface area (Å²) in [6.07, 6.45) is 14.6. The Bertz CT molecular complexity index is 2150. The van der Waals surface area contributed by atoms with Gasteiger partial charge in [-0.15, -0.1) is 0 Å². The van der Waals surface area contributed by atoms with E-state index in [0.717, 1.165) is 19.3 Å². The predicted molar refractivity (Wildman–Crippen MR) is 226 cm³/mol. The minimum atomic E-state index is -3.63. The monoisotopic (exact) mass is 837 g/mol. The number of H-pyrrole nitrogens is 1. The molecule has 5 rings (SSSR count). The highest BCUT2D eigenvalue weighted by atomic mass is 35.5. The molecule has 1 atom stereocenters. The highest BCUT2D eigenvalue weighted by Gasteiger charge is 2.35. The van der Waals surface area contributed by atoms with Crippen LogP contribution in [0.4, 0.5) is 5.69 Å². The van der Waals surface area contributed by atoms with Crippen molar-refractivity contribution in [2.75, 3.05) is 24.5 Å². The van der Waals surface area contributed by atoms with Crippen LogP contribution in [0.2, 0.25) is 5.02 Å². The van der Waals surface area contributed by atoms with Crippen LogP contribution in [0.3, 0.4) is 0 Å². The molecule has 0 saturated heterocycles. The molecule has 14 heteroatoms. The standard InChI is InChI=1S/C44H56ClN3O9S/c1-4-6-7-8-9-10-11-12-13-14-15-16-17-18-27-58(52,53)34-24-25-36(35(45)29-34)46-43(50)42(57-33-22-20-32(21-23-33)54-5-2)41(49)39-40(48(3)44(51)47-39)31-19-26-37-38(28-31)56-30-55-37/h19-26,28-29,42H,4-18,27,30H2,1-3H3,(H,46,50)(H,47,51). The molecule has 0 aliphatic carbocycles. The van der Waals surface area contributed by atoms with Crippen LogP contribution in [-0.4, -0.2) is 54.9 Å². The van der Waals surface area contributed by atoms with Gasteiger partial charge in [0.1, 0.15) is 17.2 Å². The Morgan fingerprint density at radius 3 is 2.03 bits per heavy atom. The lowest BCUT2D eigenvalue weighted by molar-refractivity contribution is -0.120. The second kappa shape index (κ2) is 21.9. The minimum Gasteiger partial charge on any atom is -0.494 e. The van der Waals surface area contributed by atoms with Crippen molar-refractivity contribution in [3.05, 3.63) is 81.9 Å². The number of benzene rings is 3. The number of ether oxygens (including phenoxy) is 4. The molecule has 1 aliphatic heterocycles. The fourth-order valence-corrected chi connectivity index (χ4v) is 8.63. The average molecular weight is 838 g/mol. The second-order valence-electron chi connectivity index (χ2n) is 14.6. The molecule has 1 unspecified atom stereocenters. The van der Waals surface area contributed by atoms with Gasteiger partial charge in [0.15, 0.2) is 21.3 Å². The lowest BCUT2D eigenvalue weighted by atomic mass is 10.0. The lowest BCUT2D eigenvalue weighted by Gasteiger charge is -2.19. The first-order valence-electron chi connectivity index (χ1n) is 20.5. The van der Waals surface area contributed by atoms with Gasteiger partial charge in [-0.25, -0.2) is 13.2 Å². The summed E-state index contributed by atoms with van der Waals surface area (Å²) in [6, 6.07) is 15.4. The predicted octanol–water partition coefficient (Wildman–Crippen LogP) is 9.69. The maximum atomic E-state index is 14.3. The van der Waals surface area contributed by atoms with Gasteiger partial charge in [0, 0.05) is 12.6 Å². The van der Waals surface area contributed by atoms with Crippen molar-refractivity contribution in [1.29, 1.82) is 0 Å². The third kappa shape index (κ3) is 12.1. The molecule has 2 N–H and O–H groups in total. The summed E-state index contributed by atoms with van der Waals surface area (Å²) in [7, 11) is -2.14. The largest absolute Gasteiger partial charge is 0.494 e. The zero-order valence-electron chi connectivity index (χ0n) is 33.8. The first kappa shape index (κ1) is 44.4. The van der Waals surface area contributed by atoms with Crippen LogP contribution in [0.1, 0.15) is 114 Å². The smallest absolute Gasteiger partial charge is 0.326 e. The number of hydrogen-bond acceptors (Lipinski definition) is 9. The molecule has 1 aromatic heterocycles. The highest BCUT2D eigenvalue weighted by Crippen LogP contribution is 2.37. The van der Waals surface area contributed by atoms with Crippen LogP contribution in [0, 0.1) is 0 Å². The van der Waals surface area contributed by atoms with E-state index in [2.05, 4.69) is 17.2 Å². The molecule has 0 saturated carbocycles. The summed E-state index contributed by atoms with van der Waals surface area (Å²) in [5.74, 6) is -0.0781. The number of carbonyl (C=O) groups is 2. The summed E-state index contributed by atoms with van der Waals surface area (Å²) in [6.45, 7) is 4.55. The maximum absolute atomic E-state index is 14.3. The average Bonchev–Trinajstić information content (AvgIpc) is 3.81. The molecule has 58 heavy (non-hydrogen) atoms. The number of nitrogens with one attached hydrogen (secondary N) is 2. The van der Waals surface area contributed by atoms with E-state index in [-0.39, 0.29) is 45.3 Å². The van der Waals surface area contributed by atoms with Crippen LogP contribution in [0.25, 0.3) is 11.3 Å². The molecule has 3 aromatic carbocycles. The molecular weight excluding hydrogens is 782 g/mol. The maximum Gasteiger partial charge on any atom is 0.326 e. The zero-order chi connectivity index (χ0) is 41.5. The Labute approximate surface area is 346 Å². The van der Waals surface area contributed by atoms with E-state index in [0.29, 0.717) is 35.8 Å². The number of sulfone groups is 1. The number of carbonyl (C=O) groups excluding carboxylic acids is 2. The fraction of sp³-hybridized carbons (Fsp3) is 0.477. The molecule has 12 nitrogen and oxygen atoms in total. The van der Waals surface area contributed by atoms with Crippen LogP contribution in [0.5, 0.6) is 23.0 Å². The van der Waals surface area contributed by atoms with Gasteiger partial charge in [-0.2, -0.15) is 0 Å². The number of aromatic amines is 1. The SMILES string of the molecule is CCCCCCCCCCCCCCCCS(=O)(=O)c1ccc(NC(=O)C(Oc2ccc(OCC)cc2)C(=O)c2[nH]c(=O)n(C)c2-c2ccc3c(c2)OCO3)c(Cl)c1. The number of rotatable bonds is 25. The van der Waals surface area contributed by atoms with Gasteiger partial charge in [-0.3, -0.25) is 14.2 Å². The van der Waals surface area contributed by atoms with Crippen molar-refractivity contribution in [2.24, 2.45) is 7.05 Å². The molecule has 0 fully saturated rings. The number of halogens is 1. The molecule has 1 amide bonds. The van der Waals surface area contributed by atoms with Crippen molar-refractivity contribution in [3.63, 3.8) is 0 Å². The van der Waals surface area contributed by atoms with E-state index >= 15 is 0 Å². The summed E-state index contributed by atoms with van der Waals surface area (Å²) in [5.41, 5.74) is -0.0261. The number of Topliss-reactive ketones (excluding diaryl/α,β-unsaturated/α-hetero) is 1. The number of aromatic nitrogens is 2.